The molecule has 2 aromatic rings. The number of halogens is 2. The second-order valence-electron chi connectivity index (χ2n) is 4.88. The fourth-order valence-electron chi connectivity index (χ4n) is 1.92. The highest BCUT2D eigenvalue weighted by Gasteiger charge is 2.11. The first kappa shape index (κ1) is 15.9. The molecule has 22 heavy (non-hydrogen) atoms. The fourth-order valence-corrected chi connectivity index (χ4v) is 1.92. The topological polar surface area (TPSA) is 61.4 Å². The number of aliphatic hydroxyl groups excluding tert-OH is 1. The number of aliphatic hydroxyl groups is 1. The van der Waals surface area contributed by atoms with Gasteiger partial charge in [0.15, 0.2) is 0 Å². The summed E-state index contributed by atoms with van der Waals surface area (Å²) in [6.07, 6.45) is 0. The van der Waals surface area contributed by atoms with Crippen LogP contribution in [-0.2, 0) is 0 Å². The highest BCUT2D eigenvalue weighted by molar-refractivity contribution is 5.94. The zero-order valence-corrected chi connectivity index (χ0v) is 11.9. The van der Waals surface area contributed by atoms with Crippen LogP contribution in [0.25, 0.3) is 11.1 Å². The third kappa shape index (κ3) is 4.02. The SMILES string of the molecule is CC(CO)NC(=O)Nc1ccc(F)cc1-c1ccc(F)cc1. The molecule has 4 nitrogen and oxygen atoms in total. The molecule has 3 N–H and O–H groups in total. The summed E-state index contributed by atoms with van der Waals surface area (Å²) in [5.41, 5.74) is 1.40. The molecular weight excluding hydrogens is 290 g/mol. The molecule has 0 aliphatic carbocycles. The molecule has 0 aliphatic heterocycles. The summed E-state index contributed by atoms with van der Waals surface area (Å²) in [5.74, 6) is -0.863. The summed E-state index contributed by atoms with van der Waals surface area (Å²) < 4.78 is 26.5. The van der Waals surface area contributed by atoms with Crippen LogP contribution < -0.4 is 10.6 Å². The van der Waals surface area contributed by atoms with Crippen molar-refractivity contribution in [1.29, 1.82) is 0 Å². The number of amides is 2. The highest BCUT2D eigenvalue weighted by atomic mass is 19.1. The van der Waals surface area contributed by atoms with Gasteiger partial charge in [0, 0.05) is 5.56 Å². The summed E-state index contributed by atoms with van der Waals surface area (Å²) in [6.45, 7) is 1.45. The van der Waals surface area contributed by atoms with Gasteiger partial charge in [-0.15, -0.1) is 0 Å². The summed E-state index contributed by atoms with van der Waals surface area (Å²) in [4.78, 5) is 11.8. The summed E-state index contributed by atoms with van der Waals surface area (Å²) in [7, 11) is 0. The van der Waals surface area contributed by atoms with Crippen molar-refractivity contribution in [2.75, 3.05) is 11.9 Å². The molecule has 0 saturated carbocycles. The lowest BCUT2D eigenvalue weighted by Gasteiger charge is -2.15. The largest absolute Gasteiger partial charge is 0.394 e. The van der Waals surface area contributed by atoms with Gasteiger partial charge in [0.25, 0.3) is 0 Å². The number of urea groups is 1. The average Bonchev–Trinajstić information content (AvgIpc) is 2.49. The maximum absolute atomic E-state index is 13.5. The molecule has 6 heteroatoms. The van der Waals surface area contributed by atoms with Crippen LogP contribution in [0.15, 0.2) is 42.5 Å². The smallest absolute Gasteiger partial charge is 0.319 e. The Morgan fingerprint density at radius 2 is 1.77 bits per heavy atom. The number of hydrogen-bond donors (Lipinski definition) is 3. The van der Waals surface area contributed by atoms with Crippen molar-refractivity contribution < 1.29 is 18.7 Å². The first-order valence-corrected chi connectivity index (χ1v) is 6.73. The van der Waals surface area contributed by atoms with E-state index in [9.17, 15) is 13.6 Å². The highest BCUT2D eigenvalue weighted by Crippen LogP contribution is 2.29. The molecule has 0 radical (unpaired) electrons. The van der Waals surface area contributed by atoms with Crippen molar-refractivity contribution in [3.05, 3.63) is 54.1 Å². The molecule has 0 spiro atoms. The fraction of sp³-hybridized carbons (Fsp3) is 0.188. The Labute approximate surface area is 126 Å². The summed E-state index contributed by atoms with van der Waals surface area (Å²) >= 11 is 0. The molecule has 2 amide bonds. The average molecular weight is 306 g/mol. The van der Waals surface area contributed by atoms with E-state index in [-0.39, 0.29) is 6.61 Å². The Balaban J connectivity index is 2.28. The van der Waals surface area contributed by atoms with Crippen LogP contribution in [0.1, 0.15) is 6.92 Å². The van der Waals surface area contributed by atoms with Crippen molar-refractivity contribution in [3.63, 3.8) is 0 Å². The zero-order valence-electron chi connectivity index (χ0n) is 11.9. The molecular formula is C16H16F2N2O2. The Bertz CT molecular complexity index is 660. The Morgan fingerprint density at radius 1 is 1.14 bits per heavy atom. The van der Waals surface area contributed by atoms with Crippen LogP contribution in [0, 0.1) is 11.6 Å². The van der Waals surface area contributed by atoms with Gasteiger partial charge in [0.05, 0.1) is 18.3 Å². The third-order valence-corrected chi connectivity index (χ3v) is 3.04. The second kappa shape index (κ2) is 7.00. The number of anilines is 1. The van der Waals surface area contributed by atoms with Gasteiger partial charge in [-0.25, -0.2) is 13.6 Å². The van der Waals surface area contributed by atoms with Crippen LogP contribution in [0.5, 0.6) is 0 Å². The number of benzene rings is 2. The Kier molecular flexibility index (Phi) is 5.06. The van der Waals surface area contributed by atoms with Gasteiger partial charge < -0.3 is 15.7 Å². The molecule has 116 valence electrons. The lowest BCUT2D eigenvalue weighted by Crippen LogP contribution is -2.38. The normalized spacial score (nSPS) is 11.8. The quantitative estimate of drug-likeness (QED) is 0.812. The van der Waals surface area contributed by atoms with Crippen LogP contribution in [0.2, 0.25) is 0 Å². The van der Waals surface area contributed by atoms with Crippen molar-refractivity contribution in [2.45, 2.75) is 13.0 Å². The predicted molar refractivity (Wildman–Crippen MR) is 80.5 cm³/mol. The van der Waals surface area contributed by atoms with Crippen molar-refractivity contribution in [2.24, 2.45) is 0 Å². The number of carbonyl (C=O) groups is 1. The van der Waals surface area contributed by atoms with Crippen LogP contribution in [0.4, 0.5) is 19.3 Å². The van der Waals surface area contributed by atoms with E-state index in [0.29, 0.717) is 16.8 Å². The Morgan fingerprint density at radius 3 is 2.41 bits per heavy atom. The molecule has 0 aliphatic rings. The molecule has 0 saturated heterocycles. The number of rotatable bonds is 4. The van der Waals surface area contributed by atoms with Gasteiger partial charge in [0.1, 0.15) is 11.6 Å². The van der Waals surface area contributed by atoms with Gasteiger partial charge >= 0.3 is 6.03 Å². The number of nitrogens with one attached hydrogen (secondary N) is 2. The van der Waals surface area contributed by atoms with E-state index in [4.69, 9.17) is 5.11 Å². The Hall–Kier alpha value is -2.47. The molecule has 1 unspecified atom stereocenters. The molecule has 0 bridgehead atoms. The molecule has 0 aromatic heterocycles. The van der Waals surface area contributed by atoms with Crippen LogP contribution in [0.3, 0.4) is 0 Å². The van der Waals surface area contributed by atoms with E-state index in [1.807, 2.05) is 0 Å². The predicted octanol–water partition coefficient (Wildman–Crippen LogP) is 3.13. The first-order valence-electron chi connectivity index (χ1n) is 6.73. The minimum atomic E-state index is -0.517. The molecule has 2 aromatic carbocycles. The monoisotopic (exact) mass is 306 g/mol. The lowest BCUT2D eigenvalue weighted by molar-refractivity contribution is 0.229. The van der Waals surface area contributed by atoms with Crippen LogP contribution >= 0.6 is 0 Å². The van der Waals surface area contributed by atoms with Gasteiger partial charge in [-0.2, -0.15) is 0 Å². The summed E-state index contributed by atoms with van der Waals surface area (Å²) in [5, 5.41) is 14.0. The van der Waals surface area contributed by atoms with E-state index in [2.05, 4.69) is 10.6 Å². The van der Waals surface area contributed by atoms with Crippen LogP contribution in [-0.4, -0.2) is 23.8 Å². The molecule has 0 heterocycles. The number of carbonyl (C=O) groups excluding carboxylic acids is 1. The molecule has 0 fully saturated rings. The van der Waals surface area contributed by atoms with E-state index in [0.717, 1.165) is 0 Å². The maximum Gasteiger partial charge on any atom is 0.319 e. The van der Waals surface area contributed by atoms with Gasteiger partial charge in [0.2, 0.25) is 0 Å². The van der Waals surface area contributed by atoms with Gasteiger partial charge in [-0.05, 0) is 42.8 Å². The first-order chi connectivity index (χ1) is 10.5. The summed E-state index contributed by atoms with van der Waals surface area (Å²) in [6, 6.07) is 8.52. The van der Waals surface area contributed by atoms with Gasteiger partial charge in [-0.3, -0.25) is 0 Å². The van der Waals surface area contributed by atoms with Crippen molar-refractivity contribution in [3.8, 4) is 11.1 Å². The molecule has 1 atom stereocenters. The lowest BCUT2D eigenvalue weighted by atomic mass is 10.0. The van der Waals surface area contributed by atoms with E-state index in [1.54, 1.807) is 6.92 Å². The molecule has 2 rings (SSSR count). The van der Waals surface area contributed by atoms with E-state index < -0.39 is 23.7 Å². The maximum atomic E-state index is 13.5. The number of hydrogen-bond acceptors (Lipinski definition) is 2. The van der Waals surface area contributed by atoms with E-state index >= 15 is 0 Å². The van der Waals surface area contributed by atoms with E-state index in [1.165, 1.54) is 42.5 Å². The minimum Gasteiger partial charge on any atom is -0.394 e. The third-order valence-electron chi connectivity index (χ3n) is 3.04. The van der Waals surface area contributed by atoms with Gasteiger partial charge in [-0.1, -0.05) is 12.1 Å². The minimum absolute atomic E-state index is 0.193. The van der Waals surface area contributed by atoms with Crippen molar-refractivity contribution >= 4 is 11.7 Å². The zero-order chi connectivity index (χ0) is 16.1. The van der Waals surface area contributed by atoms with Crippen molar-refractivity contribution in [1.82, 2.24) is 5.32 Å². The second-order valence-corrected chi connectivity index (χ2v) is 4.88. The standard InChI is InChI=1S/C16H16F2N2O2/c1-10(9-21)19-16(22)20-15-7-6-13(18)8-14(15)11-2-4-12(17)5-3-11/h2-8,10,21H,9H2,1H3,(H2,19,20,22).